The van der Waals surface area contributed by atoms with Crippen LogP contribution in [0.2, 0.25) is 0 Å². The number of nitrogens with zero attached hydrogens (tertiary/aromatic N) is 1. The SMILES string of the molecule is CCC(C)c1ccc(NC(N)=NCc2cccc(C(=O)NC)c2)cc1. The Morgan fingerprint density at radius 2 is 1.92 bits per heavy atom. The van der Waals surface area contributed by atoms with Crippen molar-refractivity contribution in [1.82, 2.24) is 5.32 Å². The molecule has 25 heavy (non-hydrogen) atoms. The van der Waals surface area contributed by atoms with Gasteiger partial charge in [0, 0.05) is 18.3 Å². The lowest BCUT2D eigenvalue weighted by Gasteiger charge is -2.11. The zero-order valence-electron chi connectivity index (χ0n) is 15.0. The Bertz CT molecular complexity index is 738. The van der Waals surface area contributed by atoms with Gasteiger partial charge in [-0.3, -0.25) is 4.79 Å². The summed E-state index contributed by atoms with van der Waals surface area (Å²) in [6, 6.07) is 15.6. The van der Waals surface area contributed by atoms with Crippen LogP contribution in [-0.4, -0.2) is 18.9 Å². The van der Waals surface area contributed by atoms with Crippen molar-refractivity contribution >= 4 is 17.6 Å². The number of benzene rings is 2. The molecule has 0 radical (unpaired) electrons. The number of carbonyl (C=O) groups is 1. The molecular formula is C20H26N4O. The number of anilines is 1. The zero-order valence-corrected chi connectivity index (χ0v) is 15.0. The summed E-state index contributed by atoms with van der Waals surface area (Å²) in [6.07, 6.45) is 1.12. The number of nitrogens with two attached hydrogens (primary N) is 1. The molecule has 0 aliphatic carbocycles. The van der Waals surface area contributed by atoms with Crippen molar-refractivity contribution in [3.63, 3.8) is 0 Å². The minimum atomic E-state index is -0.113. The van der Waals surface area contributed by atoms with E-state index in [0.717, 1.165) is 17.7 Å². The van der Waals surface area contributed by atoms with Gasteiger partial charge in [0.05, 0.1) is 6.54 Å². The quantitative estimate of drug-likeness (QED) is 0.557. The third-order valence-electron chi connectivity index (χ3n) is 4.21. The molecule has 0 fully saturated rings. The van der Waals surface area contributed by atoms with E-state index in [1.807, 2.05) is 30.3 Å². The highest BCUT2D eigenvalue weighted by Crippen LogP contribution is 2.20. The van der Waals surface area contributed by atoms with Crippen LogP contribution >= 0.6 is 0 Å². The van der Waals surface area contributed by atoms with Gasteiger partial charge in [-0.05, 0) is 47.7 Å². The molecule has 1 unspecified atom stereocenters. The number of guanidine groups is 1. The van der Waals surface area contributed by atoms with Crippen molar-refractivity contribution in [2.24, 2.45) is 10.7 Å². The largest absolute Gasteiger partial charge is 0.370 e. The first-order valence-corrected chi connectivity index (χ1v) is 8.51. The highest BCUT2D eigenvalue weighted by Gasteiger charge is 2.04. The molecule has 4 N–H and O–H groups in total. The monoisotopic (exact) mass is 338 g/mol. The van der Waals surface area contributed by atoms with E-state index in [1.54, 1.807) is 13.1 Å². The molecule has 0 aliphatic rings. The Morgan fingerprint density at radius 1 is 1.20 bits per heavy atom. The van der Waals surface area contributed by atoms with Crippen LogP contribution in [0.1, 0.15) is 47.7 Å². The highest BCUT2D eigenvalue weighted by molar-refractivity contribution is 5.94. The van der Waals surface area contributed by atoms with E-state index in [9.17, 15) is 4.79 Å². The lowest BCUT2D eigenvalue weighted by atomic mass is 9.99. The summed E-state index contributed by atoms with van der Waals surface area (Å²) in [6.45, 7) is 4.81. The predicted molar refractivity (Wildman–Crippen MR) is 104 cm³/mol. The third-order valence-corrected chi connectivity index (χ3v) is 4.21. The molecule has 0 aromatic heterocycles. The molecule has 2 aromatic rings. The Morgan fingerprint density at radius 3 is 2.56 bits per heavy atom. The van der Waals surface area contributed by atoms with E-state index in [0.29, 0.717) is 24.0 Å². The van der Waals surface area contributed by atoms with Crippen molar-refractivity contribution < 1.29 is 4.79 Å². The highest BCUT2D eigenvalue weighted by atomic mass is 16.1. The molecule has 132 valence electrons. The first-order valence-electron chi connectivity index (χ1n) is 8.51. The van der Waals surface area contributed by atoms with Crippen molar-refractivity contribution in [3.8, 4) is 0 Å². The summed E-state index contributed by atoms with van der Waals surface area (Å²) >= 11 is 0. The molecule has 5 heteroatoms. The number of hydrogen-bond donors (Lipinski definition) is 3. The molecule has 1 atom stereocenters. The second-order valence-electron chi connectivity index (χ2n) is 6.04. The third kappa shape index (κ3) is 5.35. The van der Waals surface area contributed by atoms with E-state index in [-0.39, 0.29) is 5.91 Å². The standard InChI is InChI=1S/C20H26N4O/c1-4-14(2)16-8-10-18(11-9-16)24-20(21)23-13-15-6-5-7-17(12-15)19(25)22-3/h5-12,14H,4,13H2,1-3H3,(H,22,25)(H3,21,23,24). The molecular weight excluding hydrogens is 312 g/mol. The number of carbonyl (C=O) groups excluding carboxylic acids is 1. The average Bonchev–Trinajstić information content (AvgIpc) is 2.66. The number of amides is 1. The van der Waals surface area contributed by atoms with E-state index >= 15 is 0 Å². The van der Waals surface area contributed by atoms with Gasteiger partial charge in [-0.1, -0.05) is 38.1 Å². The molecule has 0 saturated heterocycles. The molecule has 2 rings (SSSR count). The molecule has 2 aromatic carbocycles. The lowest BCUT2D eigenvalue weighted by Crippen LogP contribution is -2.22. The Kier molecular flexibility index (Phi) is 6.57. The number of rotatable bonds is 6. The van der Waals surface area contributed by atoms with Gasteiger partial charge in [0.1, 0.15) is 0 Å². The second kappa shape index (κ2) is 8.87. The lowest BCUT2D eigenvalue weighted by molar-refractivity contribution is 0.0963. The molecule has 0 aliphatic heterocycles. The Balaban J connectivity index is 1.99. The van der Waals surface area contributed by atoms with Crippen LogP contribution in [0.4, 0.5) is 5.69 Å². The minimum absolute atomic E-state index is 0.113. The van der Waals surface area contributed by atoms with Gasteiger partial charge in [0.15, 0.2) is 5.96 Å². The summed E-state index contributed by atoms with van der Waals surface area (Å²) in [4.78, 5) is 16.0. The molecule has 1 amide bonds. The normalized spacial score (nSPS) is 12.5. The van der Waals surface area contributed by atoms with E-state index in [2.05, 4.69) is 41.6 Å². The number of nitrogens with one attached hydrogen (secondary N) is 2. The topological polar surface area (TPSA) is 79.5 Å². The zero-order chi connectivity index (χ0) is 18.2. The van der Waals surface area contributed by atoms with Crippen molar-refractivity contribution in [1.29, 1.82) is 0 Å². The maximum atomic E-state index is 11.7. The van der Waals surface area contributed by atoms with Crippen LogP contribution in [0, 0.1) is 0 Å². The average molecular weight is 338 g/mol. The summed E-state index contributed by atoms with van der Waals surface area (Å²) in [7, 11) is 1.61. The van der Waals surface area contributed by atoms with Crippen molar-refractivity contribution in [3.05, 3.63) is 65.2 Å². The van der Waals surface area contributed by atoms with Crippen LogP contribution in [-0.2, 0) is 6.54 Å². The van der Waals surface area contributed by atoms with Crippen LogP contribution in [0.15, 0.2) is 53.5 Å². The molecule has 5 nitrogen and oxygen atoms in total. The van der Waals surface area contributed by atoms with Gasteiger partial charge in [-0.2, -0.15) is 0 Å². The summed E-state index contributed by atoms with van der Waals surface area (Å²) in [5, 5.41) is 5.70. The van der Waals surface area contributed by atoms with Crippen LogP contribution < -0.4 is 16.4 Å². The maximum Gasteiger partial charge on any atom is 0.251 e. The maximum absolute atomic E-state index is 11.7. The number of aliphatic imine (C=N–C) groups is 1. The van der Waals surface area contributed by atoms with Gasteiger partial charge >= 0.3 is 0 Å². The summed E-state index contributed by atoms with van der Waals surface area (Å²) in [5.41, 5.74) is 9.73. The fourth-order valence-electron chi connectivity index (χ4n) is 2.45. The van der Waals surface area contributed by atoms with E-state index < -0.39 is 0 Å². The fraction of sp³-hybridized carbons (Fsp3) is 0.300. The van der Waals surface area contributed by atoms with Gasteiger partial charge in [-0.25, -0.2) is 4.99 Å². The van der Waals surface area contributed by atoms with E-state index in [4.69, 9.17) is 5.73 Å². The van der Waals surface area contributed by atoms with Crippen LogP contribution in [0.5, 0.6) is 0 Å². The summed E-state index contributed by atoms with van der Waals surface area (Å²) in [5.74, 6) is 0.785. The van der Waals surface area contributed by atoms with Crippen molar-refractivity contribution in [2.45, 2.75) is 32.7 Å². The van der Waals surface area contributed by atoms with Gasteiger partial charge in [0.2, 0.25) is 0 Å². The van der Waals surface area contributed by atoms with Gasteiger partial charge in [0.25, 0.3) is 5.91 Å². The van der Waals surface area contributed by atoms with E-state index in [1.165, 1.54) is 5.56 Å². The predicted octanol–water partition coefficient (Wildman–Crippen LogP) is 3.49. The minimum Gasteiger partial charge on any atom is -0.370 e. The molecule has 0 spiro atoms. The first kappa shape index (κ1) is 18.5. The van der Waals surface area contributed by atoms with Crippen LogP contribution in [0.3, 0.4) is 0 Å². The second-order valence-corrected chi connectivity index (χ2v) is 6.04. The Labute approximate surface area is 149 Å². The molecule has 0 bridgehead atoms. The smallest absolute Gasteiger partial charge is 0.251 e. The van der Waals surface area contributed by atoms with Crippen molar-refractivity contribution in [2.75, 3.05) is 12.4 Å². The van der Waals surface area contributed by atoms with Crippen LogP contribution in [0.25, 0.3) is 0 Å². The fourth-order valence-corrected chi connectivity index (χ4v) is 2.45. The molecule has 0 heterocycles. The van der Waals surface area contributed by atoms with Gasteiger partial charge in [-0.15, -0.1) is 0 Å². The molecule has 0 saturated carbocycles. The Hall–Kier alpha value is -2.82. The first-order chi connectivity index (χ1) is 12.0. The van der Waals surface area contributed by atoms with Gasteiger partial charge < -0.3 is 16.4 Å². The summed E-state index contributed by atoms with van der Waals surface area (Å²) < 4.78 is 0. The number of hydrogen-bond acceptors (Lipinski definition) is 2.